The number of hydrogen-bond donors (Lipinski definition) is 2. The zero-order chi connectivity index (χ0) is 4.41. The quantitative estimate of drug-likeness (QED) is 0.323. The molecule has 0 saturated carbocycles. The van der Waals surface area contributed by atoms with Gasteiger partial charge < -0.3 is 5.11 Å². The van der Waals surface area contributed by atoms with E-state index in [0.29, 0.717) is 6.54 Å². The van der Waals surface area contributed by atoms with Crippen molar-refractivity contribution in [2.45, 2.75) is 6.29 Å². The van der Waals surface area contributed by atoms with Crippen LogP contribution in [0, 0.1) is 0 Å². The molecule has 1 fully saturated rings. The van der Waals surface area contributed by atoms with Gasteiger partial charge >= 0.3 is 0 Å². The molecule has 0 bridgehead atoms. The third kappa shape index (κ3) is 0.844. The van der Waals surface area contributed by atoms with E-state index < -0.39 is 6.29 Å². The smallest absolute Gasteiger partial charge is 0.182 e. The van der Waals surface area contributed by atoms with Gasteiger partial charge in [0.25, 0.3) is 0 Å². The minimum Gasteiger partial charge on any atom is -0.366 e. The predicted octanol–water partition coefficient (Wildman–Crippen LogP) is -0.512. The highest BCUT2D eigenvalue weighted by Crippen LogP contribution is 2.06. The second-order valence-corrected chi connectivity index (χ2v) is 1.63. The molecule has 0 aromatic carbocycles. The van der Waals surface area contributed by atoms with E-state index in [2.05, 4.69) is 8.91 Å². The number of β-amino-alcohol motifs (C(OH)–C–C–N with tert-alkyl or cyclic N) is 1. The van der Waals surface area contributed by atoms with E-state index in [0.717, 1.165) is 12.2 Å². The molecule has 0 amide bonds. The lowest BCUT2D eigenvalue weighted by Crippen LogP contribution is -2.10. The first-order chi connectivity index (χ1) is 2.89. The van der Waals surface area contributed by atoms with E-state index in [-0.39, 0.29) is 0 Å². The van der Waals surface area contributed by atoms with Crippen molar-refractivity contribution in [3.8, 4) is 0 Å². The van der Waals surface area contributed by atoms with E-state index in [9.17, 15) is 0 Å². The molecule has 36 valence electrons. The Labute approximate surface area is 40.0 Å². The van der Waals surface area contributed by atoms with Crippen LogP contribution in [0.1, 0.15) is 0 Å². The van der Waals surface area contributed by atoms with E-state index >= 15 is 0 Å². The lowest BCUT2D eigenvalue weighted by molar-refractivity contribution is 0.0206. The van der Waals surface area contributed by atoms with Crippen LogP contribution in [0.3, 0.4) is 0 Å². The van der Waals surface area contributed by atoms with Crippen LogP contribution >= 0.6 is 12.2 Å². The minimum absolute atomic E-state index is 0.532. The van der Waals surface area contributed by atoms with Gasteiger partial charge in [-0.25, -0.2) is 4.72 Å². The van der Waals surface area contributed by atoms with Crippen molar-refractivity contribution < 1.29 is 9.29 Å². The second kappa shape index (κ2) is 1.79. The normalized spacial score (nSPS) is 34.5. The van der Waals surface area contributed by atoms with Gasteiger partial charge in [-0.05, 0) is 0 Å². The molecule has 1 unspecified atom stereocenters. The van der Waals surface area contributed by atoms with Gasteiger partial charge in [0.05, 0.1) is 18.8 Å². The van der Waals surface area contributed by atoms with Gasteiger partial charge in [-0.2, -0.15) is 0 Å². The summed E-state index contributed by atoms with van der Waals surface area (Å²) in [7, 11) is 0. The van der Waals surface area contributed by atoms with Gasteiger partial charge in [0, 0.05) is 0 Å². The molecule has 4 heteroatoms. The van der Waals surface area contributed by atoms with Crippen LogP contribution < -0.4 is 4.72 Å². The number of rotatable bonds is 0. The molecule has 1 atom stereocenters. The fourth-order valence-electron chi connectivity index (χ4n) is 0.229. The molecule has 6 heavy (non-hydrogen) atoms. The second-order valence-electron chi connectivity index (χ2n) is 0.983. The molecule has 1 rings (SSSR count). The fourth-order valence-corrected chi connectivity index (χ4v) is 0.687. The van der Waals surface area contributed by atoms with Crippen molar-refractivity contribution in [3.63, 3.8) is 0 Å². The molecule has 0 spiro atoms. The van der Waals surface area contributed by atoms with Gasteiger partial charge in [-0.3, -0.25) is 4.18 Å². The fraction of sp³-hybridized carbons (Fsp3) is 1.00. The van der Waals surface area contributed by atoms with Crippen molar-refractivity contribution in [3.05, 3.63) is 0 Å². The monoisotopic (exact) mass is 107 g/mol. The molecule has 0 aromatic rings. The molecule has 2 N–H and O–H groups in total. The van der Waals surface area contributed by atoms with Crippen LogP contribution in [0.25, 0.3) is 0 Å². The lowest BCUT2D eigenvalue weighted by atomic mass is 10.7. The lowest BCUT2D eigenvalue weighted by Gasteiger charge is -1.89. The third-order valence-electron chi connectivity index (χ3n) is 0.476. The highest BCUT2D eigenvalue weighted by atomic mass is 32.2. The number of nitrogens with one attached hydrogen (secondary N) is 1. The zero-order valence-corrected chi connectivity index (χ0v) is 3.86. The Hall–Kier alpha value is 0.230. The summed E-state index contributed by atoms with van der Waals surface area (Å²) < 4.78 is 7.23. The first kappa shape index (κ1) is 4.39. The average molecular weight is 107 g/mol. The summed E-state index contributed by atoms with van der Waals surface area (Å²) in [6.45, 7) is 0.532. The van der Waals surface area contributed by atoms with Crippen molar-refractivity contribution in [2.24, 2.45) is 0 Å². The molecule has 1 saturated heterocycles. The Morgan fingerprint density at radius 2 is 2.83 bits per heavy atom. The Morgan fingerprint density at radius 1 is 2.00 bits per heavy atom. The Bertz CT molecular complexity index is 44.8. The van der Waals surface area contributed by atoms with Crippen molar-refractivity contribution in [1.82, 2.24) is 4.72 Å². The van der Waals surface area contributed by atoms with E-state index in [1.165, 1.54) is 0 Å². The van der Waals surface area contributed by atoms with Crippen LogP contribution in [0.5, 0.6) is 0 Å². The Morgan fingerprint density at radius 3 is 3.00 bits per heavy atom. The Kier molecular flexibility index (Phi) is 1.31. The molecule has 3 nitrogen and oxygen atoms in total. The number of hydrogen-bond acceptors (Lipinski definition) is 4. The van der Waals surface area contributed by atoms with E-state index in [1.54, 1.807) is 0 Å². The van der Waals surface area contributed by atoms with Crippen LogP contribution in [0.4, 0.5) is 0 Å². The summed E-state index contributed by atoms with van der Waals surface area (Å²) >= 11 is 1.08. The molecule has 0 radical (unpaired) electrons. The first-order valence-corrected chi connectivity index (χ1v) is 2.37. The standard InChI is InChI=1S/C2H5NO2S/c4-2-1-3-6-5-2/h2-4H,1H2. The first-order valence-electron chi connectivity index (χ1n) is 1.63. The van der Waals surface area contributed by atoms with Crippen molar-refractivity contribution in [2.75, 3.05) is 6.54 Å². The zero-order valence-electron chi connectivity index (χ0n) is 3.05. The van der Waals surface area contributed by atoms with Crippen molar-refractivity contribution >= 4 is 12.2 Å². The molecule has 1 aliphatic heterocycles. The van der Waals surface area contributed by atoms with Gasteiger partial charge in [-0.15, -0.1) is 0 Å². The molecule has 1 heterocycles. The minimum atomic E-state index is -0.602. The molecular formula is C2H5NO2S. The van der Waals surface area contributed by atoms with Crippen molar-refractivity contribution in [1.29, 1.82) is 0 Å². The maximum atomic E-state index is 8.42. The summed E-state index contributed by atoms with van der Waals surface area (Å²) in [5, 5.41) is 8.42. The third-order valence-corrected chi connectivity index (χ3v) is 1.08. The summed E-state index contributed by atoms with van der Waals surface area (Å²) in [6.07, 6.45) is -0.602. The molecular weight excluding hydrogens is 102 g/mol. The largest absolute Gasteiger partial charge is 0.366 e. The van der Waals surface area contributed by atoms with Crippen LogP contribution in [0.15, 0.2) is 0 Å². The predicted molar refractivity (Wildman–Crippen MR) is 22.7 cm³/mol. The molecule has 0 aromatic heterocycles. The van der Waals surface area contributed by atoms with Gasteiger partial charge in [-0.1, -0.05) is 0 Å². The maximum absolute atomic E-state index is 8.42. The average Bonchev–Trinajstić information content (AvgIpc) is 1.86. The highest BCUT2D eigenvalue weighted by molar-refractivity contribution is 7.92. The molecule has 0 aliphatic carbocycles. The van der Waals surface area contributed by atoms with E-state index in [4.69, 9.17) is 5.11 Å². The molecule has 1 aliphatic rings. The topological polar surface area (TPSA) is 41.5 Å². The number of aliphatic hydroxyl groups excluding tert-OH is 1. The maximum Gasteiger partial charge on any atom is 0.182 e. The van der Waals surface area contributed by atoms with E-state index in [1.807, 2.05) is 0 Å². The van der Waals surface area contributed by atoms with Crippen LogP contribution in [-0.4, -0.2) is 17.9 Å². The summed E-state index contributed by atoms with van der Waals surface area (Å²) in [6, 6.07) is 0. The van der Waals surface area contributed by atoms with Gasteiger partial charge in [0.15, 0.2) is 6.29 Å². The summed E-state index contributed by atoms with van der Waals surface area (Å²) in [5.74, 6) is 0. The highest BCUT2D eigenvalue weighted by Gasteiger charge is 2.10. The SMILES string of the molecule is OC1CNSO1. The number of aliphatic hydroxyl groups is 1. The van der Waals surface area contributed by atoms with Crippen LogP contribution in [-0.2, 0) is 4.18 Å². The Balaban J connectivity index is 2.18. The summed E-state index contributed by atoms with van der Waals surface area (Å²) in [5.41, 5.74) is 0. The van der Waals surface area contributed by atoms with Gasteiger partial charge in [0.1, 0.15) is 0 Å². The van der Waals surface area contributed by atoms with Gasteiger partial charge in [0.2, 0.25) is 0 Å². The summed E-state index contributed by atoms with van der Waals surface area (Å²) in [4.78, 5) is 0. The van der Waals surface area contributed by atoms with Crippen LogP contribution in [0.2, 0.25) is 0 Å².